The van der Waals surface area contributed by atoms with Crippen LogP contribution in [-0.2, 0) is 0 Å². The quantitative estimate of drug-likeness (QED) is 0.831. The Morgan fingerprint density at radius 1 is 0.684 bits per heavy atom. The molecule has 0 fully saturated rings. The molecule has 2 rings (SSSR count). The lowest BCUT2D eigenvalue weighted by molar-refractivity contribution is 0.492. The first-order valence-electron chi connectivity index (χ1n) is 6.96. The van der Waals surface area contributed by atoms with E-state index in [9.17, 15) is 0 Å². The molecule has 0 radical (unpaired) electrons. The molecule has 0 aromatic heterocycles. The predicted molar refractivity (Wildman–Crippen MR) is 82.3 cm³/mol. The standard InChI is InChI=1S/C18H23N/c1-13-9-5-7-11-17(13)15(3)19-16(4)18-12-8-6-10-14(18)2/h5-12,15-16,19H,1-4H3/t15-,16-/m1/s1. The average Bonchev–Trinajstić information content (AvgIpc) is 2.39. The molecule has 2 atom stereocenters. The fourth-order valence-corrected chi connectivity index (χ4v) is 2.70. The molecule has 0 saturated carbocycles. The van der Waals surface area contributed by atoms with Crippen molar-refractivity contribution in [2.45, 2.75) is 39.8 Å². The molecule has 2 aromatic rings. The average molecular weight is 253 g/mol. The summed E-state index contributed by atoms with van der Waals surface area (Å²) in [6.07, 6.45) is 0. The van der Waals surface area contributed by atoms with Crippen molar-refractivity contribution < 1.29 is 0 Å². The fraction of sp³-hybridized carbons (Fsp3) is 0.333. The van der Waals surface area contributed by atoms with Crippen molar-refractivity contribution in [3.63, 3.8) is 0 Å². The Hall–Kier alpha value is -1.60. The van der Waals surface area contributed by atoms with Crippen LogP contribution in [0.3, 0.4) is 0 Å². The monoisotopic (exact) mass is 253 g/mol. The SMILES string of the molecule is Cc1ccccc1[C@@H](C)N[C@H](C)c1ccccc1C. The zero-order valence-corrected chi connectivity index (χ0v) is 12.3. The second-order valence-corrected chi connectivity index (χ2v) is 5.32. The molecule has 1 nitrogen and oxygen atoms in total. The first kappa shape index (κ1) is 13.8. The zero-order chi connectivity index (χ0) is 13.8. The van der Waals surface area contributed by atoms with E-state index in [0.29, 0.717) is 12.1 Å². The topological polar surface area (TPSA) is 12.0 Å². The number of hydrogen-bond donors (Lipinski definition) is 1. The second-order valence-electron chi connectivity index (χ2n) is 5.32. The van der Waals surface area contributed by atoms with Crippen LogP contribution in [-0.4, -0.2) is 0 Å². The minimum Gasteiger partial charge on any atom is -0.304 e. The van der Waals surface area contributed by atoms with Crippen LogP contribution >= 0.6 is 0 Å². The van der Waals surface area contributed by atoms with E-state index in [4.69, 9.17) is 0 Å². The van der Waals surface area contributed by atoms with Crippen LogP contribution in [0.2, 0.25) is 0 Å². The van der Waals surface area contributed by atoms with Crippen LogP contribution in [0.15, 0.2) is 48.5 Å². The maximum atomic E-state index is 3.69. The number of aryl methyl sites for hydroxylation is 2. The van der Waals surface area contributed by atoms with Crippen molar-refractivity contribution in [2.75, 3.05) is 0 Å². The Morgan fingerprint density at radius 3 is 1.42 bits per heavy atom. The molecule has 0 saturated heterocycles. The largest absolute Gasteiger partial charge is 0.304 e. The fourth-order valence-electron chi connectivity index (χ4n) is 2.70. The van der Waals surface area contributed by atoms with Crippen LogP contribution in [0, 0.1) is 13.8 Å². The zero-order valence-electron chi connectivity index (χ0n) is 12.3. The van der Waals surface area contributed by atoms with Crippen molar-refractivity contribution in [2.24, 2.45) is 0 Å². The van der Waals surface area contributed by atoms with Crippen LogP contribution in [0.5, 0.6) is 0 Å². The summed E-state index contributed by atoms with van der Waals surface area (Å²) < 4.78 is 0. The molecular weight excluding hydrogens is 230 g/mol. The van der Waals surface area contributed by atoms with Crippen LogP contribution < -0.4 is 5.32 Å². The number of nitrogens with one attached hydrogen (secondary N) is 1. The summed E-state index contributed by atoms with van der Waals surface area (Å²) in [6.45, 7) is 8.81. The maximum Gasteiger partial charge on any atom is 0.0300 e. The number of rotatable bonds is 4. The van der Waals surface area contributed by atoms with E-state index in [1.54, 1.807) is 0 Å². The van der Waals surface area contributed by atoms with Crippen LogP contribution in [0.25, 0.3) is 0 Å². The summed E-state index contributed by atoms with van der Waals surface area (Å²) in [6, 6.07) is 17.9. The van der Waals surface area contributed by atoms with Crippen molar-refractivity contribution in [1.29, 1.82) is 0 Å². The summed E-state index contributed by atoms with van der Waals surface area (Å²) in [5.74, 6) is 0. The molecule has 19 heavy (non-hydrogen) atoms. The Labute approximate surface area is 116 Å². The lowest BCUT2D eigenvalue weighted by Gasteiger charge is -2.23. The van der Waals surface area contributed by atoms with Crippen LogP contribution in [0.4, 0.5) is 0 Å². The van der Waals surface area contributed by atoms with Gasteiger partial charge < -0.3 is 5.32 Å². The van der Waals surface area contributed by atoms with Gasteiger partial charge in [0.15, 0.2) is 0 Å². The van der Waals surface area contributed by atoms with E-state index in [1.807, 2.05) is 0 Å². The van der Waals surface area contributed by atoms with Gasteiger partial charge in [0.25, 0.3) is 0 Å². The number of benzene rings is 2. The van der Waals surface area contributed by atoms with Gasteiger partial charge in [-0.1, -0.05) is 48.5 Å². The third-order valence-corrected chi connectivity index (χ3v) is 3.81. The minimum atomic E-state index is 0.357. The first-order valence-corrected chi connectivity index (χ1v) is 6.96. The van der Waals surface area contributed by atoms with Gasteiger partial charge in [0.1, 0.15) is 0 Å². The highest BCUT2D eigenvalue weighted by Gasteiger charge is 2.13. The second kappa shape index (κ2) is 6.03. The van der Waals surface area contributed by atoms with Gasteiger partial charge in [0.2, 0.25) is 0 Å². The van der Waals surface area contributed by atoms with Crippen molar-refractivity contribution in [3.05, 3.63) is 70.8 Å². The normalized spacial score (nSPS) is 14.1. The molecule has 0 heterocycles. The smallest absolute Gasteiger partial charge is 0.0300 e. The van der Waals surface area contributed by atoms with E-state index in [-0.39, 0.29) is 0 Å². The predicted octanol–water partition coefficient (Wildman–Crippen LogP) is 4.72. The van der Waals surface area contributed by atoms with E-state index in [2.05, 4.69) is 81.5 Å². The Morgan fingerprint density at radius 2 is 1.05 bits per heavy atom. The van der Waals surface area contributed by atoms with Gasteiger partial charge >= 0.3 is 0 Å². The minimum absolute atomic E-state index is 0.357. The summed E-state index contributed by atoms with van der Waals surface area (Å²) in [7, 11) is 0. The van der Waals surface area contributed by atoms with Crippen molar-refractivity contribution in [1.82, 2.24) is 5.32 Å². The lowest BCUT2D eigenvalue weighted by atomic mass is 9.98. The molecule has 0 unspecified atom stereocenters. The maximum absolute atomic E-state index is 3.69. The highest BCUT2D eigenvalue weighted by Crippen LogP contribution is 2.23. The third kappa shape index (κ3) is 3.24. The summed E-state index contributed by atoms with van der Waals surface area (Å²) in [4.78, 5) is 0. The molecule has 100 valence electrons. The van der Waals surface area contributed by atoms with Gasteiger partial charge in [-0.2, -0.15) is 0 Å². The Kier molecular flexibility index (Phi) is 4.39. The highest BCUT2D eigenvalue weighted by atomic mass is 14.9. The summed E-state index contributed by atoms with van der Waals surface area (Å²) in [5, 5.41) is 3.69. The molecule has 1 heteroatoms. The molecule has 1 N–H and O–H groups in total. The van der Waals surface area contributed by atoms with E-state index < -0.39 is 0 Å². The number of hydrogen-bond acceptors (Lipinski definition) is 1. The van der Waals surface area contributed by atoms with Gasteiger partial charge in [-0.05, 0) is 49.9 Å². The molecule has 0 amide bonds. The summed E-state index contributed by atoms with van der Waals surface area (Å²) in [5.41, 5.74) is 5.45. The van der Waals surface area contributed by atoms with Gasteiger partial charge in [-0.25, -0.2) is 0 Å². The lowest BCUT2D eigenvalue weighted by Crippen LogP contribution is -2.23. The molecule has 0 bridgehead atoms. The molecule has 0 spiro atoms. The van der Waals surface area contributed by atoms with Crippen LogP contribution in [0.1, 0.15) is 48.2 Å². The molecule has 2 aromatic carbocycles. The molecular formula is C18H23N. The van der Waals surface area contributed by atoms with Gasteiger partial charge in [-0.3, -0.25) is 0 Å². The van der Waals surface area contributed by atoms with E-state index in [0.717, 1.165) is 0 Å². The Balaban J connectivity index is 2.13. The van der Waals surface area contributed by atoms with Gasteiger partial charge in [0, 0.05) is 12.1 Å². The highest BCUT2D eigenvalue weighted by molar-refractivity contribution is 5.31. The first-order chi connectivity index (χ1) is 9.09. The van der Waals surface area contributed by atoms with Gasteiger partial charge in [0.05, 0.1) is 0 Å². The van der Waals surface area contributed by atoms with Gasteiger partial charge in [-0.15, -0.1) is 0 Å². The Bertz CT molecular complexity index is 495. The van der Waals surface area contributed by atoms with Crippen molar-refractivity contribution >= 4 is 0 Å². The third-order valence-electron chi connectivity index (χ3n) is 3.81. The molecule has 0 aliphatic rings. The summed E-state index contributed by atoms with van der Waals surface area (Å²) >= 11 is 0. The van der Waals surface area contributed by atoms with Crippen molar-refractivity contribution in [3.8, 4) is 0 Å². The van der Waals surface area contributed by atoms with E-state index >= 15 is 0 Å². The molecule has 0 aliphatic carbocycles. The van der Waals surface area contributed by atoms with E-state index in [1.165, 1.54) is 22.3 Å². The molecule has 0 aliphatic heterocycles.